The molecule has 1 atom stereocenters. The molecule has 0 radical (unpaired) electrons. The zero-order chi connectivity index (χ0) is 14.7. The highest BCUT2D eigenvalue weighted by Crippen LogP contribution is 2.27. The number of furan rings is 1. The van der Waals surface area contributed by atoms with Crippen molar-refractivity contribution in [1.82, 2.24) is 10.2 Å². The van der Waals surface area contributed by atoms with Gasteiger partial charge in [0.2, 0.25) is 11.7 Å². The second kappa shape index (κ2) is 6.09. The lowest BCUT2D eigenvalue weighted by Gasteiger charge is -2.34. The summed E-state index contributed by atoms with van der Waals surface area (Å²) < 4.78 is 5.34. The second-order valence-corrected chi connectivity index (χ2v) is 5.11. The second-order valence-electron chi connectivity index (χ2n) is 5.11. The van der Waals surface area contributed by atoms with E-state index < -0.39 is 5.97 Å². The van der Waals surface area contributed by atoms with Gasteiger partial charge in [0.1, 0.15) is 5.76 Å². The zero-order valence-electron chi connectivity index (χ0n) is 11.8. The predicted molar refractivity (Wildman–Crippen MR) is 72.4 cm³/mol. The van der Waals surface area contributed by atoms with E-state index in [2.05, 4.69) is 10.2 Å². The largest absolute Gasteiger partial charge is 0.475 e. The average Bonchev–Trinajstić information content (AvgIpc) is 2.96. The van der Waals surface area contributed by atoms with Crippen molar-refractivity contribution in [2.24, 2.45) is 5.92 Å². The summed E-state index contributed by atoms with van der Waals surface area (Å²) >= 11 is 0. The number of amides is 1. The monoisotopic (exact) mass is 280 g/mol. The smallest absolute Gasteiger partial charge is 0.371 e. The van der Waals surface area contributed by atoms with E-state index in [1.165, 1.54) is 6.07 Å². The number of nitrogens with zero attached hydrogens (tertiary/aromatic N) is 1. The molecule has 1 fully saturated rings. The summed E-state index contributed by atoms with van der Waals surface area (Å²) in [5, 5.41) is 11.5. The SMILES string of the molecule is CNC(=O)C1CCN(C(C)c2ccc(C(=O)O)o2)CC1. The molecule has 0 spiro atoms. The minimum absolute atomic E-state index is 0.0220. The number of carboxylic acid groups (broad SMARTS) is 1. The molecule has 0 aliphatic carbocycles. The molecule has 110 valence electrons. The summed E-state index contributed by atoms with van der Waals surface area (Å²) in [5.41, 5.74) is 0. The zero-order valence-corrected chi connectivity index (χ0v) is 11.8. The van der Waals surface area contributed by atoms with E-state index in [0.29, 0.717) is 5.76 Å². The molecule has 2 N–H and O–H groups in total. The maximum atomic E-state index is 11.6. The number of carboxylic acids is 1. The molecule has 1 saturated heterocycles. The molecule has 6 nitrogen and oxygen atoms in total. The van der Waals surface area contributed by atoms with Crippen LogP contribution < -0.4 is 5.32 Å². The lowest BCUT2D eigenvalue weighted by atomic mass is 9.95. The molecule has 1 aliphatic heterocycles. The fraction of sp³-hybridized carbons (Fsp3) is 0.571. The molecule has 1 amide bonds. The molecule has 0 saturated carbocycles. The van der Waals surface area contributed by atoms with Crippen LogP contribution in [0.2, 0.25) is 0 Å². The molecular formula is C14H20N2O4. The number of piperidine rings is 1. The van der Waals surface area contributed by atoms with Crippen LogP contribution in [-0.2, 0) is 4.79 Å². The van der Waals surface area contributed by atoms with Gasteiger partial charge in [-0.05, 0) is 45.0 Å². The Morgan fingerprint density at radius 1 is 1.40 bits per heavy atom. The van der Waals surface area contributed by atoms with Gasteiger partial charge in [-0.25, -0.2) is 4.79 Å². The first-order chi connectivity index (χ1) is 9.52. The molecule has 6 heteroatoms. The Hall–Kier alpha value is -1.82. The minimum Gasteiger partial charge on any atom is -0.475 e. The number of rotatable bonds is 4. The van der Waals surface area contributed by atoms with Crippen LogP contribution in [0, 0.1) is 5.92 Å². The Morgan fingerprint density at radius 2 is 2.05 bits per heavy atom. The van der Waals surface area contributed by atoms with E-state index in [-0.39, 0.29) is 23.6 Å². The van der Waals surface area contributed by atoms with Crippen LogP contribution in [0.15, 0.2) is 16.5 Å². The average molecular weight is 280 g/mol. The highest BCUT2D eigenvalue weighted by atomic mass is 16.4. The first-order valence-corrected chi connectivity index (χ1v) is 6.81. The van der Waals surface area contributed by atoms with Gasteiger partial charge in [-0.15, -0.1) is 0 Å². The number of hydrogen-bond acceptors (Lipinski definition) is 4. The van der Waals surface area contributed by atoms with Crippen molar-refractivity contribution in [3.8, 4) is 0 Å². The molecule has 1 aromatic rings. The Morgan fingerprint density at radius 3 is 2.55 bits per heavy atom. The third kappa shape index (κ3) is 3.01. The minimum atomic E-state index is -1.05. The molecule has 0 bridgehead atoms. The van der Waals surface area contributed by atoms with Crippen LogP contribution in [0.5, 0.6) is 0 Å². The summed E-state index contributed by atoms with van der Waals surface area (Å²) in [6, 6.07) is 3.21. The summed E-state index contributed by atoms with van der Waals surface area (Å²) in [5.74, 6) is -0.257. The van der Waals surface area contributed by atoms with Crippen LogP contribution in [0.1, 0.15) is 42.1 Å². The summed E-state index contributed by atoms with van der Waals surface area (Å²) in [7, 11) is 1.66. The molecule has 2 heterocycles. The Bertz CT molecular complexity index is 489. The van der Waals surface area contributed by atoms with Gasteiger partial charge in [-0.3, -0.25) is 9.69 Å². The predicted octanol–water partition coefficient (Wildman–Crippen LogP) is 1.50. The number of carbonyl (C=O) groups excluding carboxylic acids is 1. The highest BCUT2D eigenvalue weighted by molar-refractivity contribution is 5.84. The van der Waals surface area contributed by atoms with Crippen molar-refractivity contribution < 1.29 is 19.1 Å². The summed E-state index contributed by atoms with van der Waals surface area (Å²) in [6.45, 7) is 3.61. The molecule has 1 aromatic heterocycles. The molecule has 2 rings (SSSR count). The van der Waals surface area contributed by atoms with Crippen LogP contribution in [0.4, 0.5) is 0 Å². The number of aromatic carboxylic acids is 1. The Labute approximate surface area is 117 Å². The third-order valence-electron chi connectivity index (χ3n) is 3.94. The van der Waals surface area contributed by atoms with Gasteiger partial charge < -0.3 is 14.8 Å². The van der Waals surface area contributed by atoms with Gasteiger partial charge in [0.15, 0.2) is 0 Å². The van der Waals surface area contributed by atoms with Gasteiger partial charge in [0.05, 0.1) is 6.04 Å². The maximum Gasteiger partial charge on any atom is 0.371 e. The van der Waals surface area contributed by atoms with Crippen molar-refractivity contribution >= 4 is 11.9 Å². The van der Waals surface area contributed by atoms with Crippen LogP contribution >= 0.6 is 0 Å². The topological polar surface area (TPSA) is 82.8 Å². The van der Waals surface area contributed by atoms with Crippen LogP contribution in [0.3, 0.4) is 0 Å². The lowest BCUT2D eigenvalue weighted by molar-refractivity contribution is -0.126. The Kier molecular flexibility index (Phi) is 4.44. The van der Waals surface area contributed by atoms with Crippen molar-refractivity contribution in [2.45, 2.75) is 25.8 Å². The van der Waals surface area contributed by atoms with Crippen molar-refractivity contribution in [2.75, 3.05) is 20.1 Å². The standard InChI is InChI=1S/C14H20N2O4/c1-9(11-3-4-12(20-11)14(18)19)16-7-5-10(6-8-16)13(17)15-2/h3-4,9-10H,5-8H2,1-2H3,(H,15,17)(H,18,19). The normalized spacial score (nSPS) is 18.7. The van der Waals surface area contributed by atoms with Crippen molar-refractivity contribution in [1.29, 1.82) is 0 Å². The van der Waals surface area contributed by atoms with Crippen molar-refractivity contribution in [3.05, 3.63) is 23.7 Å². The van der Waals surface area contributed by atoms with E-state index in [1.54, 1.807) is 13.1 Å². The van der Waals surface area contributed by atoms with Gasteiger partial charge in [-0.1, -0.05) is 0 Å². The van der Waals surface area contributed by atoms with E-state index in [0.717, 1.165) is 25.9 Å². The maximum absolute atomic E-state index is 11.6. The number of carbonyl (C=O) groups is 2. The fourth-order valence-electron chi connectivity index (χ4n) is 2.63. The molecular weight excluding hydrogens is 260 g/mol. The van der Waals surface area contributed by atoms with Crippen LogP contribution in [-0.4, -0.2) is 42.0 Å². The first-order valence-electron chi connectivity index (χ1n) is 6.81. The van der Waals surface area contributed by atoms with Gasteiger partial charge in [0, 0.05) is 13.0 Å². The van der Waals surface area contributed by atoms with Gasteiger partial charge in [-0.2, -0.15) is 0 Å². The van der Waals surface area contributed by atoms with E-state index >= 15 is 0 Å². The quantitative estimate of drug-likeness (QED) is 0.873. The van der Waals surface area contributed by atoms with Gasteiger partial charge >= 0.3 is 5.97 Å². The third-order valence-corrected chi connectivity index (χ3v) is 3.94. The van der Waals surface area contributed by atoms with Gasteiger partial charge in [0.25, 0.3) is 0 Å². The number of likely N-dealkylation sites (tertiary alicyclic amines) is 1. The Balaban J connectivity index is 1.95. The highest BCUT2D eigenvalue weighted by Gasteiger charge is 2.28. The molecule has 0 aromatic carbocycles. The molecule has 20 heavy (non-hydrogen) atoms. The fourth-order valence-corrected chi connectivity index (χ4v) is 2.63. The molecule has 1 unspecified atom stereocenters. The number of nitrogens with one attached hydrogen (secondary N) is 1. The van der Waals surface area contributed by atoms with E-state index in [1.807, 2.05) is 6.92 Å². The number of hydrogen-bond donors (Lipinski definition) is 2. The lowest BCUT2D eigenvalue weighted by Crippen LogP contribution is -2.40. The summed E-state index contributed by atoms with van der Waals surface area (Å²) in [6.07, 6.45) is 1.63. The van der Waals surface area contributed by atoms with Crippen molar-refractivity contribution in [3.63, 3.8) is 0 Å². The first kappa shape index (κ1) is 14.6. The van der Waals surface area contributed by atoms with E-state index in [4.69, 9.17) is 9.52 Å². The molecule has 1 aliphatic rings. The van der Waals surface area contributed by atoms with Crippen LogP contribution in [0.25, 0.3) is 0 Å². The summed E-state index contributed by atoms with van der Waals surface area (Å²) in [4.78, 5) is 24.6. The van der Waals surface area contributed by atoms with E-state index in [9.17, 15) is 9.59 Å².